The summed E-state index contributed by atoms with van der Waals surface area (Å²) in [5.41, 5.74) is 1.30. The molecule has 0 bridgehead atoms. The number of nitrogens with one attached hydrogen (secondary N) is 1. The molecule has 0 unspecified atom stereocenters. The second-order valence-corrected chi connectivity index (χ2v) is 10.4. The van der Waals surface area contributed by atoms with Gasteiger partial charge in [-0.2, -0.15) is 5.10 Å². The second-order valence-electron chi connectivity index (χ2n) is 10.4. The number of hydrogen-bond acceptors (Lipinski definition) is 7. The van der Waals surface area contributed by atoms with Gasteiger partial charge in [-0.1, -0.05) is 0 Å². The fourth-order valence-electron chi connectivity index (χ4n) is 4.21. The first-order valence-electron chi connectivity index (χ1n) is 12.5. The van der Waals surface area contributed by atoms with Gasteiger partial charge in [0.05, 0.1) is 23.4 Å². The van der Waals surface area contributed by atoms with Crippen molar-refractivity contribution in [3.63, 3.8) is 0 Å². The lowest BCUT2D eigenvalue weighted by Gasteiger charge is -2.35. The van der Waals surface area contributed by atoms with Gasteiger partial charge in [-0.15, -0.1) is 0 Å². The maximum Gasteiger partial charge on any atom is 0.410 e. The molecule has 0 radical (unpaired) electrons. The lowest BCUT2D eigenvalue weighted by atomic mass is 10.1. The average molecular weight is 497 g/mol. The Balaban J connectivity index is 1.33. The third-order valence-electron chi connectivity index (χ3n) is 6.03. The van der Waals surface area contributed by atoms with Crippen LogP contribution in [0.3, 0.4) is 0 Å². The van der Waals surface area contributed by atoms with Crippen LogP contribution in [-0.2, 0) is 4.74 Å². The zero-order valence-corrected chi connectivity index (χ0v) is 21.8. The number of carbonyl (C=O) groups excluding carboxylic acids is 2. The molecule has 0 spiro atoms. The molecule has 1 aliphatic heterocycles. The van der Waals surface area contributed by atoms with Crippen LogP contribution >= 0.6 is 0 Å². The van der Waals surface area contributed by atoms with E-state index in [0.717, 1.165) is 31.4 Å². The minimum absolute atomic E-state index is 0.105. The molecule has 3 aromatic heterocycles. The van der Waals surface area contributed by atoms with Crippen molar-refractivity contribution in [3.05, 3.63) is 36.2 Å². The molecule has 10 nitrogen and oxygen atoms in total. The normalized spacial score (nSPS) is 15.0. The van der Waals surface area contributed by atoms with Crippen molar-refractivity contribution >= 4 is 23.0 Å². The fraction of sp³-hybridized carbons (Fsp3) is 0.538. The molecule has 10 heteroatoms. The SMILES string of the molecule is CC(C)n1ncc2c(C(=O)NCCCN3CCN(C(=O)OC(C)(C)C)CC3)cc(-c3ccco3)nc21. The van der Waals surface area contributed by atoms with Crippen LogP contribution in [0.25, 0.3) is 22.5 Å². The highest BCUT2D eigenvalue weighted by Gasteiger charge is 2.25. The predicted molar refractivity (Wildman–Crippen MR) is 137 cm³/mol. The molecule has 0 saturated carbocycles. The molecule has 1 aliphatic rings. The van der Waals surface area contributed by atoms with Crippen molar-refractivity contribution in [2.45, 2.75) is 52.7 Å². The molecule has 194 valence electrons. The Bertz CT molecular complexity index is 1190. The van der Waals surface area contributed by atoms with Gasteiger partial charge in [-0.25, -0.2) is 14.5 Å². The zero-order valence-electron chi connectivity index (χ0n) is 21.8. The van der Waals surface area contributed by atoms with Crippen molar-refractivity contribution in [1.29, 1.82) is 0 Å². The molecule has 1 saturated heterocycles. The Morgan fingerprint density at radius 3 is 2.58 bits per heavy atom. The van der Waals surface area contributed by atoms with E-state index in [-0.39, 0.29) is 18.0 Å². The largest absolute Gasteiger partial charge is 0.463 e. The average Bonchev–Trinajstić information content (AvgIpc) is 3.50. The monoisotopic (exact) mass is 496 g/mol. The molecule has 4 heterocycles. The van der Waals surface area contributed by atoms with Gasteiger partial charge in [-0.05, 0) is 65.8 Å². The van der Waals surface area contributed by atoms with Gasteiger partial charge < -0.3 is 19.4 Å². The number of rotatable bonds is 7. The number of furan rings is 1. The van der Waals surface area contributed by atoms with Crippen LogP contribution in [0, 0.1) is 0 Å². The quantitative estimate of drug-likeness (QED) is 0.494. The maximum absolute atomic E-state index is 13.2. The first-order chi connectivity index (χ1) is 17.1. The molecule has 0 aliphatic carbocycles. The zero-order chi connectivity index (χ0) is 25.9. The van der Waals surface area contributed by atoms with Crippen molar-refractivity contribution in [3.8, 4) is 11.5 Å². The number of piperazine rings is 1. The van der Waals surface area contributed by atoms with Gasteiger partial charge in [0.1, 0.15) is 11.3 Å². The van der Waals surface area contributed by atoms with E-state index >= 15 is 0 Å². The summed E-state index contributed by atoms with van der Waals surface area (Å²) in [7, 11) is 0. The van der Waals surface area contributed by atoms with Crippen molar-refractivity contribution < 1.29 is 18.7 Å². The number of ether oxygens (including phenoxy) is 1. The van der Waals surface area contributed by atoms with E-state index in [2.05, 4.69) is 15.3 Å². The van der Waals surface area contributed by atoms with E-state index < -0.39 is 5.60 Å². The maximum atomic E-state index is 13.2. The van der Waals surface area contributed by atoms with Crippen molar-refractivity contribution in [2.24, 2.45) is 0 Å². The van der Waals surface area contributed by atoms with Crippen LogP contribution in [0.1, 0.15) is 57.4 Å². The van der Waals surface area contributed by atoms with E-state index in [1.54, 1.807) is 29.5 Å². The fourth-order valence-corrected chi connectivity index (χ4v) is 4.21. The van der Waals surface area contributed by atoms with Crippen LogP contribution in [0.4, 0.5) is 4.79 Å². The highest BCUT2D eigenvalue weighted by molar-refractivity contribution is 6.06. The van der Waals surface area contributed by atoms with E-state index in [0.29, 0.717) is 42.3 Å². The first kappa shape index (κ1) is 25.7. The predicted octanol–water partition coefficient (Wildman–Crippen LogP) is 3.94. The molecule has 36 heavy (non-hydrogen) atoms. The summed E-state index contributed by atoms with van der Waals surface area (Å²) in [4.78, 5) is 34.2. The van der Waals surface area contributed by atoms with Crippen LogP contribution in [-0.4, -0.2) is 81.4 Å². The Kier molecular flexibility index (Phi) is 7.63. The number of hydrogen-bond donors (Lipinski definition) is 1. The lowest BCUT2D eigenvalue weighted by molar-refractivity contribution is 0.0144. The Morgan fingerprint density at radius 2 is 1.94 bits per heavy atom. The third-order valence-corrected chi connectivity index (χ3v) is 6.03. The number of fused-ring (bicyclic) bond motifs is 1. The standard InChI is InChI=1S/C26H36N6O4/c1-18(2)32-23-20(17-28-32)19(16-21(29-23)22-8-6-15-35-22)24(33)27-9-7-10-30-11-13-31(14-12-30)25(34)36-26(3,4)5/h6,8,15-18H,7,9-14H2,1-5H3,(H,27,33). The Labute approximate surface area is 211 Å². The molecule has 4 rings (SSSR count). The van der Waals surface area contributed by atoms with Gasteiger partial charge in [0.25, 0.3) is 5.91 Å². The number of amides is 2. The summed E-state index contributed by atoms with van der Waals surface area (Å²) in [5.74, 6) is 0.446. The highest BCUT2D eigenvalue weighted by atomic mass is 16.6. The molecular weight excluding hydrogens is 460 g/mol. The van der Waals surface area contributed by atoms with E-state index in [9.17, 15) is 9.59 Å². The number of pyridine rings is 1. The number of aromatic nitrogens is 3. The van der Waals surface area contributed by atoms with Crippen molar-refractivity contribution in [1.82, 2.24) is 29.9 Å². The van der Waals surface area contributed by atoms with Crippen LogP contribution in [0.15, 0.2) is 35.1 Å². The number of carbonyl (C=O) groups is 2. The highest BCUT2D eigenvalue weighted by Crippen LogP contribution is 2.26. The molecule has 0 aromatic carbocycles. The molecule has 1 fully saturated rings. The van der Waals surface area contributed by atoms with Gasteiger partial charge >= 0.3 is 6.09 Å². The van der Waals surface area contributed by atoms with Gasteiger partial charge in [0, 0.05) is 38.8 Å². The van der Waals surface area contributed by atoms with Crippen LogP contribution in [0.5, 0.6) is 0 Å². The summed E-state index contributed by atoms with van der Waals surface area (Å²) in [6.07, 6.45) is 3.84. The molecule has 1 N–H and O–H groups in total. The molecular formula is C26H36N6O4. The Morgan fingerprint density at radius 1 is 1.19 bits per heavy atom. The summed E-state index contributed by atoms with van der Waals surface area (Å²) in [6, 6.07) is 5.50. The van der Waals surface area contributed by atoms with E-state index in [4.69, 9.17) is 14.1 Å². The topological polar surface area (TPSA) is 106 Å². The second kappa shape index (κ2) is 10.7. The van der Waals surface area contributed by atoms with Crippen molar-refractivity contribution in [2.75, 3.05) is 39.3 Å². The summed E-state index contributed by atoms with van der Waals surface area (Å²) in [5, 5.41) is 8.22. The minimum atomic E-state index is -0.487. The summed E-state index contributed by atoms with van der Waals surface area (Å²) >= 11 is 0. The molecule has 3 aromatic rings. The molecule has 2 amide bonds. The third kappa shape index (κ3) is 6.04. The minimum Gasteiger partial charge on any atom is -0.463 e. The number of nitrogens with zero attached hydrogens (tertiary/aromatic N) is 5. The van der Waals surface area contributed by atoms with Gasteiger partial charge in [0.15, 0.2) is 11.4 Å². The van der Waals surface area contributed by atoms with E-state index in [1.165, 1.54) is 0 Å². The smallest absolute Gasteiger partial charge is 0.410 e. The van der Waals surface area contributed by atoms with E-state index in [1.807, 2.05) is 45.4 Å². The molecule has 0 atom stereocenters. The lowest BCUT2D eigenvalue weighted by Crippen LogP contribution is -2.50. The first-order valence-corrected chi connectivity index (χ1v) is 12.5. The van der Waals surface area contributed by atoms with Gasteiger partial charge in [0.2, 0.25) is 0 Å². The summed E-state index contributed by atoms with van der Waals surface area (Å²) in [6.45, 7) is 13.9. The Hall–Kier alpha value is -3.40. The van der Waals surface area contributed by atoms with Crippen LogP contribution < -0.4 is 5.32 Å². The summed E-state index contributed by atoms with van der Waals surface area (Å²) < 4.78 is 12.8. The van der Waals surface area contributed by atoms with Gasteiger partial charge in [-0.3, -0.25) is 9.69 Å². The van der Waals surface area contributed by atoms with Crippen LogP contribution in [0.2, 0.25) is 0 Å².